The van der Waals surface area contributed by atoms with Gasteiger partial charge in [0.1, 0.15) is 5.75 Å². The van der Waals surface area contributed by atoms with Crippen molar-refractivity contribution in [1.29, 1.82) is 0 Å². The molecule has 0 aromatic heterocycles. The Balaban J connectivity index is 2.05. The van der Waals surface area contributed by atoms with Crippen LogP contribution in [0.2, 0.25) is 0 Å². The summed E-state index contributed by atoms with van der Waals surface area (Å²) in [6, 6.07) is 8.60. The van der Waals surface area contributed by atoms with E-state index in [0.717, 1.165) is 18.6 Å². The van der Waals surface area contributed by atoms with Gasteiger partial charge in [0.15, 0.2) is 0 Å². The number of hydrogen-bond acceptors (Lipinski definition) is 2. The summed E-state index contributed by atoms with van der Waals surface area (Å²) in [5.41, 5.74) is 1.32. The van der Waals surface area contributed by atoms with Gasteiger partial charge in [0.25, 0.3) is 0 Å². The minimum Gasteiger partial charge on any atom is -0.497 e. The predicted molar refractivity (Wildman–Crippen MR) is 71.8 cm³/mol. The van der Waals surface area contributed by atoms with Crippen LogP contribution in [0, 0.1) is 0 Å². The van der Waals surface area contributed by atoms with Crippen molar-refractivity contribution in [2.75, 3.05) is 7.11 Å². The molecule has 0 aliphatic heterocycles. The van der Waals surface area contributed by atoms with Gasteiger partial charge in [0.2, 0.25) is 5.91 Å². The Morgan fingerprint density at radius 3 is 2.94 bits per heavy atom. The topological polar surface area (TPSA) is 38.3 Å². The zero-order valence-corrected chi connectivity index (χ0v) is 11.1. The Hall–Kier alpha value is -1.51. The highest BCUT2D eigenvalue weighted by molar-refractivity contribution is 5.73. The molecule has 0 unspecified atom stereocenters. The van der Waals surface area contributed by atoms with Crippen molar-refractivity contribution >= 4 is 5.91 Å². The van der Waals surface area contributed by atoms with E-state index >= 15 is 0 Å². The molecule has 3 nitrogen and oxygen atoms in total. The normalized spacial score (nSPS) is 23.4. The standard InChI is InChI=1S/C15H21NO2/c1-11(17)16-14-7-3-5-12(9-14)13-6-4-8-15(10-13)18-2/h4,6,8,10,12,14H,3,5,7,9H2,1-2H3,(H,16,17)/t12-,14+/m1/s1. The number of methoxy groups -OCH3 is 1. The average molecular weight is 247 g/mol. The molecule has 1 aromatic rings. The van der Waals surface area contributed by atoms with Crippen molar-refractivity contribution in [3.8, 4) is 5.75 Å². The first-order chi connectivity index (χ1) is 8.69. The number of carbonyl (C=O) groups is 1. The number of benzene rings is 1. The van der Waals surface area contributed by atoms with Gasteiger partial charge in [-0.15, -0.1) is 0 Å². The SMILES string of the molecule is COc1cccc([C@@H]2CCC[C@H](NC(C)=O)C2)c1. The van der Waals surface area contributed by atoms with E-state index in [0.29, 0.717) is 12.0 Å². The smallest absolute Gasteiger partial charge is 0.217 e. The van der Waals surface area contributed by atoms with Crippen LogP contribution in [0.3, 0.4) is 0 Å². The molecule has 3 heteroatoms. The van der Waals surface area contributed by atoms with Crippen LogP contribution in [-0.4, -0.2) is 19.1 Å². The molecular formula is C15H21NO2. The van der Waals surface area contributed by atoms with Crippen LogP contribution in [-0.2, 0) is 4.79 Å². The van der Waals surface area contributed by atoms with E-state index in [4.69, 9.17) is 4.74 Å². The summed E-state index contributed by atoms with van der Waals surface area (Å²) in [6.07, 6.45) is 4.50. The molecule has 1 N–H and O–H groups in total. The molecule has 0 radical (unpaired) electrons. The highest BCUT2D eigenvalue weighted by atomic mass is 16.5. The Morgan fingerprint density at radius 2 is 2.22 bits per heavy atom. The van der Waals surface area contributed by atoms with Crippen LogP contribution >= 0.6 is 0 Å². The zero-order valence-electron chi connectivity index (χ0n) is 11.1. The van der Waals surface area contributed by atoms with Crippen molar-refractivity contribution in [2.45, 2.75) is 44.6 Å². The van der Waals surface area contributed by atoms with Crippen molar-refractivity contribution < 1.29 is 9.53 Å². The quantitative estimate of drug-likeness (QED) is 0.892. The molecule has 0 spiro atoms. The molecule has 1 saturated carbocycles. The van der Waals surface area contributed by atoms with Gasteiger partial charge in [-0.2, -0.15) is 0 Å². The monoisotopic (exact) mass is 247 g/mol. The van der Waals surface area contributed by atoms with Crippen LogP contribution in [0.5, 0.6) is 5.75 Å². The third-order valence-corrected chi connectivity index (χ3v) is 3.65. The lowest BCUT2D eigenvalue weighted by molar-refractivity contribution is -0.119. The molecule has 0 saturated heterocycles. The first-order valence-electron chi connectivity index (χ1n) is 6.60. The third kappa shape index (κ3) is 3.25. The molecule has 1 fully saturated rings. The molecule has 1 amide bonds. The van der Waals surface area contributed by atoms with Crippen molar-refractivity contribution in [1.82, 2.24) is 5.32 Å². The Kier molecular flexibility index (Phi) is 4.24. The van der Waals surface area contributed by atoms with Crippen molar-refractivity contribution in [2.24, 2.45) is 0 Å². The Labute approximate surface area is 109 Å². The molecule has 1 aromatic carbocycles. The van der Waals surface area contributed by atoms with Gasteiger partial charge in [-0.25, -0.2) is 0 Å². The predicted octanol–water partition coefficient (Wildman–Crippen LogP) is 2.86. The number of amides is 1. The van der Waals surface area contributed by atoms with E-state index in [9.17, 15) is 4.79 Å². The molecular weight excluding hydrogens is 226 g/mol. The number of rotatable bonds is 3. The van der Waals surface area contributed by atoms with Crippen LogP contribution in [0.4, 0.5) is 0 Å². The van der Waals surface area contributed by atoms with Crippen molar-refractivity contribution in [3.05, 3.63) is 29.8 Å². The van der Waals surface area contributed by atoms with E-state index in [-0.39, 0.29) is 5.91 Å². The van der Waals surface area contributed by atoms with Gasteiger partial charge in [0, 0.05) is 13.0 Å². The maximum absolute atomic E-state index is 11.1. The van der Waals surface area contributed by atoms with E-state index in [1.54, 1.807) is 14.0 Å². The molecule has 1 aliphatic rings. The van der Waals surface area contributed by atoms with Crippen LogP contribution in [0.25, 0.3) is 0 Å². The number of ether oxygens (including phenoxy) is 1. The van der Waals surface area contributed by atoms with Gasteiger partial charge in [-0.1, -0.05) is 18.6 Å². The minimum absolute atomic E-state index is 0.0753. The van der Waals surface area contributed by atoms with Crippen LogP contribution in [0.1, 0.15) is 44.1 Å². The fourth-order valence-corrected chi connectivity index (χ4v) is 2.81. The lowest BCUT2D eigenvalue weighted by Crippen LogP contribution is -2.36. The largest absolute Gasteiger partial charge is 0.497 e. The summed E-state index contributed by atoms with van der Waals surface area (Å²) >= 11 is 0. The van der Waals surface area contributed by atoms with E-state index in [2.05, 4.69) is 17.4 Å². The number of carbonyl (C=O) groups excluding carboxylic acids is 1. The van der Waals surface area contributed by atoms with E-state index in [1.165, 1.54) is 18.4 Å². The molecule has 98 valence electrons. The number of hydrogen-bond donors (Lipinski definition) is 1. The number of nitrogens with one attached hydrogen (secondary N) is 1. The molecule has 1 aliphatic carbocycles. The van der Waals surface area contributed by atoms with Gasteiger partial charge < -0.3 is 10.1 Å². The highest BCUT2D eigenvalue weighted by Crippen LogP contribution is 2.34. The van der Waals surface area contributed by atoms with E-state index < -0.39 is 0 Å². The molecule has 2 rings (SSSR count). The summed E-state index contributed by atoms with van der Waals surface area (Å²) in [5.74, 6) is 1.52. The zero-order chi connectivity index (χ0) is 13.0. The molecule has 0 heterocycles. The molecule has 18 heavy (non-hydrogen) atoms. The maximum atomic E-state index is 11.1. The highest BCUT2D eigenvalue weighted by Gasteiger charge is 2.23. The van der Waals surface area contributed by atoms with Gasteiger partial charge in [0.05, 0.1) is 7.11 Å². The molecule has 2 atom stereocenters. The second kappa shape index (κ2) is 5.89. The second-order valence-electron chi connectivity index (χ2n) is 5.04. The molecule has 0 bridgehead atoms. The summed E-state index contributed by atoms with van der Waals surface area (Å²) in [6.45, 7) is 1.59. The van der Waals surface area contributed by atoms with Crippen LogP contribution in [0.15, 0.2) is 24.3 Å². The first-order valence-corrected chi connectivity index (χ1v) is 6.60. The lowest BCUT2D eigenvalue weighted by Gasteiger charge is -2.30. The van der Waals surface area contributed by atoms with Gasteiger partial charge in [-0.3, -0.25) is 4.79 Å². The summed E-state index contributed by atoms with van der Waals surface area (Å²) in [5, 5.41) is 3.04. The Morgan fingerprint density at radius 1 is 1.39 bits per heavy atom. The Bertz CT molecular complexity index is 417. The third-order valence-electron chi connectivity index (χ3n) is 3.65. The average Bonchev–Trinajstić information content (AvgIpc) is 2.38. The van der Waals surface area contributed by atoms with Crippen LogP contribution < -0.4 is 10.1 Å². The fourth-order valence-electron chi connectivity index (χ4n) is 2.81. The lowest BCUT2D eigenvalue weighted by atomic mass is 9.81. The first kappa shape index (κ1) is 12.9. The summed E-state index contributed by atoms with van der Waals surface area (Å²) in [4.78, 5) is 11.1. The van der Waals surface area contributed by atoms with Gasteiger partial charge >= 0.3 is 0 Å². The van der Waals surface area contributed by atoms with Crippen molar-refractivity contribution in [3.63, 3.8) is 0 Å². The second-order valence-corrected chi connectivity index (χ2v) is 5.04. The van der Waals surface area contributed by atoms with E-state index in [1.807, 2.05) is 12.1 Å². The minimum atomic E-state index is 0.0753. The van der Waals surface area contributed by atoms with Gasteiger partial charge in [-0.05, 0) is 42.9 Å². The maximum Gasteiger partial charge on any atom is 0.217 e. The fraction of sp³-hybridized carbons (Fsp3) is 0.533. The summed E-state index contributed by atoms with van der Waals surface area (Å²) in [7, 11) is 1.69. The summed E-state index contributed by atoms with van der Waals surface area (Å²) < 4.78 is 5.27.